The Morgan fingerprint density at radius 3 is 2.26 bits per heavy atom. The average molecular weight is 597 g/mol. The first-order chi connectivity index (χ1) is 17.6. The van der Waals surface area contributed by atoms with Crippen LogP contribution in [0.2, 0.25) is 15.1 Å². The molecule has 206 valence electrons. The molecule has 0 aromatic heterocycles. The van der Waals surface area contributed by atoms with Crippen LogP contribution in [0.3, 0.4) is 0 Å². The van der Waals surface area contributed by atoms with Gasteiger partial charge in [0, 0.05) is 28.3 Å². The number of carbonyl (C=O) groups is 2. The summed E-state index contributed by atoms with van der Waals surface area (Å²) in [5, 5.41) is 0.689. The Labute approximate surface area is 231 Å². The van der Waals surface area contributed by atoms with E-state index in [4.69, 9.17) is 49.1 Å². The number of hydroxylamine groups is 1. The van der Waals surface area contributed by atoms with Crippen LogP contribution in [0.25, 0.3) is 5.70 Å². The van der Waals surface area contributed by atoms with E-state index in [-0.39, 0.29) is 37.6 Å². The first kappa shape index (κ1) is 29.9. The lowest BCUT2D eigenvalue weighted by atomic mass is 9.91. The number of hydrogen-bond donors (Lipinski definition) is 2. The van der Waals surface area contributed by atoms with Crippen molar-refractivity contribution in [1.82, 2.24) is 10.9 Å². The van der Waals surface area contributed by atoms with Gasteiger partial charge in [-0.25, -0.2) is 4.79 Å². The molecule has 2 aromatic rings. The predicted molar refractivity (Wildman–Crippen MR) is 137 cm³/mol. The number of alkyl halides is 3. The molecule has 2 aromatic carbocycles. The van der Waals surface area contributed by atoms with Crippen molar-refractivity contribution in [2.24, 2.45) is 0 Å². The third-order valence-electron chi connectivity index (χ3n) is 4.97. The van der Waals surface area contributed by atoms with Crippen molar-refractivity contribution >= 4 is 58.2 Å². The van der Waals surface area contributed by atoms with Crippen LogP contribution in [0.1, 0.15) is 31.9 Å². The molecule has 14 heteroatoms. The fourth-order valence-electron chi connectivity index (χ4n) is 3.41. The van der Waals surface area contributed by atoms with Crippen molar-refractivity contribution in [1.29, 1.82) is 0 Å². The number of carbonyl (C=O) groups excluding carboxylic acids is 2. The summed E-state index contributed by atoms with van der Waals surface area (Å²) in [6.07, 6.45) is -5.12. The van der Waals surface area contributed by atoms with Gasteiger partial charge >= 0.3 is 12.3 Å². The largest absolute Gasteiger partial charge is 0.442 e. The van der Waals surface area contributed by atoms with Crippen LogP contribution < -0.4 is 15.9 Å². The molecule has 2 N–H and O–H groups in total. The lowest BCUT2D eigenvalue weighted by molar-refractivity contribution is -0.269. The van der Waals surface area contributed by atoms with E-state index < -0.39 is 36.0 Å². The number of rotatable bonds is 5. The molecule has 0 saturated heterocycles. The zero-order valence-electron chi connectivity index (χ0n) is 20.5. The molecule has 8 nitrogen and oxygen atoms in total. The minimum atomic E-state index is -4.93. The molecule has 3 rings (SSSR count). The number of ether oxygens (including phenoxy) is 2. The van der Waals surface area contributed by atoms with E-state index in [1.165, 1.54) is 31.4 Å². The Morgan fingerprint density at radius 1 is 1.08 bits per heavy atom. The van der Waals surface area contributed by atoms with Crippen molar-refractivity contribution in [2.45, 2.75) is 38.1 Å². The minimum absolute atomic E-state index is 0.0134. The van der Waals surface area contributed by atoms with Crippen LogP contribution in [0.4, 0.5) is 23.7 Å². The van der Waals surface area contributed by atoms with Crippen LogP contribution in [0.5, 0.6) is 0 Å². The number of amides is 2. The van der Waals surface area contributed by atoms with E-state index in [2.05, 4.69) is 10.9 Å². The molecule has 1 atom stereocenters. The summed E-state index contributed by atoms with van der Waals surface area (Å²) in [5.74, 6) is -0.713. The highest BCUT2D eigenvalue weighted by atomic mass is 35.5. The Hall–Kier alpha value is -2.70. The van der Waals surface area contributed by atoms with Gasteiger partial charge in [0.2, 0.25) is 5.60 Å². The summed E-state index contributed by atoms with van der Waals surface area (Å²) >= 11 is 18.2. The fraction of sp³-hybridized carbons (Fsp3) is 0.333. The van der Waals surface area contributed by atoms with E-state index in [1.54, 1.807) is 20.8 Å². The molecule has 1 aliphatic rings. The molecule has 0 bridgehead atoms. The van der Waals surface area contributed by atoms with E-state index in [0.29, 0.717) is 0 Å². The van der Waals surface area contributed by atoms with E-state index in [0.717, 1.165) is 23.2 Å². The van der Waals surface area contributed by atoms with Gasteiger partial charge in [0.05, 0.1) is 16.4 Å². The van der Waals surface area contributed by atoms with E-state index in [1.807, 2.05) is 0 Å². The highest BCUT2D eigenvalue weighted by Gasteiger charge is 2.59. The summed E-state index contributed by atoms with van der Waals surface area (Å²) in [6, 6.07) is 7.47. The summed E-state index contributed by atoms with van der Waals surface area (Å²) in [5.41, 5.74) is 0.322. The lowest BCUT2D eigenvalue weighted by Gasteiger charge is -2.28. The monoisotopic (exact) mass is 595 g/mol. The molecule has 0 spiro atoms. The normalized spacial score (nSPS) is 17.5. The smallest absolute Gasteiger partial charge is 0.434 e. The maximum absolute atomic E-state index is 14.4. The SMILES string of the molecule is COCC(=O)NN(C(=O)OC(C)(C)C)c1cc(C2=CC(c3cc(Cl)cc(Cl)c3)(C(F)(F)F)ON2)ccc1Cl. The summed E-state index contributed by atoms with van der Waals surface area (Å²) in [7, 11) is 1.28. The Kier molecular flexibility index (Phi) is 8.79. The third-order valence-corrected chi connectivity index (χ3v) is 5.72. The number of halogens is 6. The Bertz CT molecular complexity index is 1250. The van der Waals surface area contributed by atoms with Gasteiger partial charge in [0.15, 0.2) is 0 Å². The molecule has 1 aliphatic heterocycles. The van der Waals surface area contributed by atoms with Crippen molar-refractivity contribution in [2.75, 3.05) is 18.7 Å². The van der Waals surface area contributed by atoms with Gasteiger partial charge in [-0.15, -0.1) is 0 Å². The average Bonchev–Trinajstić information content (AvgIpc) is 3.23. The molecule has 0 saturated carbocycles. The zero-order valence-corrected chi connectivity index (χ0v) is 22.8. The van der Waals surface area contributed by atoms with Crippen molar-refractivity contribution in [3.63, 3.8) is 0 Å². The van der Waals surface area contributed by atoms with Gasteiger partial charge in [0.25, 0.3) is 5.91 Å². The summed E-state index contributed by atoms with van der Waals surface area (Å²) in [4.78, 5) is 30.3. The van der Waals surface area contributed by atoms with Crippen LogP contribution in [0, 0.1) is 0 Å². The van der Waals surface area contributed by atoms with Gasteiger partial charge in [-0.3, -0.25) is 20.5 Å². The highest BCUT2D eigenvalue weighted by molar-refractivity contribution is 6.35. The summed E-state index contributed by atoms with van der Waals surface area (Å²) in [6.45, 7) is 4.44. The second-order valence-electron chi connectivity index (χ2n) is 9.10. The van der Waals surface area contributed by atoms with Crippen LogP contribution in [0.15, 0.2) is 42.5 Å². The first-order valence-corrected chi connectivity index (χ1v) is 12.0. The van der Waals surface area contributed by atoms with Crippen molar-refractivity contribution < 1.29 is 37.1 Å². The molecule has 0 radical (unpaired) electrons. The molecular weight excluding hydrogens is 574 g/mol. The van der Waals surface area contributed by atoms with Crippen LogP contribution >= 0.6 is 34.8 Å². The summed E-state index contributed by atoms with van der Waals surface area (Å²) < 4.78 is 53.2. The van der Waals surface area contributed by atoms with Crippen molar-refractivity contribution in [3.05, 3.63) is 68.7 Å². The van der Waals surface area contributed by atoms with Gasteiger partial charge in [0.1, 0.15) is 12.2 Å². The maximum atomic E-state index is 14.4. The third kappa shape index (κ3) is 6.65. The molecule has 0 aliphatic carbocycles. The van der Waals surface area contributed by atoms with Gasteiger partial charge in [-0.05, 0) is 57.2 Å². The van der Waals surface area contributed by atoms with Gasteiger partial charge in [-0.1, -0.05) is 40.9 Å². The molecule has 38 heavy (non-hydrogen) atoms. The zero-order chi connectivity index (χ0) is 28.5. The van der Waals surface area contributed by atoms with Gasteiger partial charge < -0.3 is 9.47 Å². The van der Waals surface area contributed by atoms with Gasteiger partial charge in [-0.2, -0.15) is 18.2 Å². The quantitative estimate of drug-likeness (QED) is 0.389. The molecule has 1 heterocycles. The molecule has 0 fully saturated rings. The van der Waals surface area contributed by atoms with Crippen LogP contribution in [-0.4, -0.2) is 37.5 Å². The fourth-order valence-corrected chi connectivity index (χ4v) is 4.13. The van der Waals surface area contributed by atoms with Crippen LogP contribution in [-0.2, 0) is 24.7 Å². The number of anilines is 1. The Balaban J connectivity index is 2.10. The number of hydrogen-bond acceptors (Lipinski definition) is 6. The number of methoxy groups -OCH3 is 1. The topological polar surface area (TPSA) is 89.1 Å². The minimum Gasteiger partial charge on any atom is -0.442 e. The van der Waals surface area contributed by atoms with E-state index >= 15 is 0 Å². The first-order valence-electron chi connectivity index (χ1n) is 10.9. The highest BCUT2D eigenvalue weighted by Crippen LogP contribution is 2.48. The Morgan fingerprint density at radius 2 is 1.71 bits per heavy atom. The lowest BCUT2D eigenvalue weighted by Crippen LogP contribution is -2.49. The van der Waals surface area contributed by atoms with E-state index in [9.17, 15) is 22.8 Å². The number of nitrogens with zero attached hydrogens (tertiary/aromatic N) is 1. The second-order valence-corrected chi connectivity index (χ2v) is 10.4. The standard InChI is InChI=1S/C24H23Cl3F3N3O5/c1-22(2,3)37-21(35)33(31-20(34)12-36-4)19-7-13(5-6-17(19)27)18-11-23(38-32-18,24(28,29)30)14-8-15(25)10-16(26)9-14/h5-11,32H,12H2,1-4H3,(H,31,34). The number of nitrogens with one attached hydrogen (secondary N) is 2. The second kappa shape index (κ2) is 11.2. The maximum Gasteiger partial charge on any atom is 0.434 e. The predicted octanol–water partition coefficient (Wildman–Crippen LogP) is 6.40. The number of benzene rings is 2. The molecular formula is C24H23Cl3F3N3O5. The molecule has 2 amide bonds. The number of hydrazine groups is 1. The van der Waals surface area contributed by atoms with Crippen molar-refractivity contribution in [3.8, 4) is 0 Å². The molecule has 1 unspecified atom stereocenters.